The maximum absolute atomic E-state index is 11.6. The SMILES string of the molecule is CC(CCC(C)C1CCC2C3=CC(O)C4(O)CC(O)CCC4(C)C3CCC21C)C1CC1C. The summed E-state index contributed by atoms with van der Waals surface area (Å²) >= 11 is 0. The molecule has 0 bridgehead atoms. The number of aliphatic hydroxyl groups excluding tert-OH is 2. The lowest BCUT2D eigenvalue weighted by Crippen LogP contribution is -2.65. The third kappa shape index (κ3) is 3.31. The molecule has 0 aromatic rings. The van der Waals surface area contributed by atoms with Crippen LogP contribution in [-0.2, 0) is 0 Å². The van der Waals surface area contributed by atoms with E-state index in [1.807, 2.05) is 0 Å². The van der Waals surface area contributed by atoms with Gasteiger partial charge in [-0.25, -0.2) is 0 Å². The van der Waals surface area contributed by atoms with Crippen LogP contribution < -0.4 is 0 Å². The van der Waals surface area contributed by atoms with Gasteiger partial charge in [0.25, 0.3) is 0 Å². The van der Waals surface area contributed by atoms with Crippen molar-refractivity contribution in [2.75, 3.05) is 0 Å². The molecule has 32 heavy (non-hydrogen) atoms. The summed E-state index contributed by atoms with van der Waals surface area (Å²) in [5.41, 5.74) is 0.285. The first kappa shape index (κ1) is 23.4. The normalized spacial score (nSPS) is 54.1. The fraction of sp³-hybridized carbons (Fsp3) is 0.931. The minimum Gasteiger partial charge on any atom is -0.393 e. The second kappa shape index (κ2) is 7.82. The van der Waals surface area contributed by atoms with Gasteiger partial charge in [-0.15, -0.1) is 0 Å². The summed E-state index contributed by atoms with van der Waals surface area (Å²) in [4.78, 5) is 0. The molecule has 4 fully saturated rings. The van der Waals surface area contributed by atoms with Crippen LogP contribution in [0.2, 0.25) is 0 Å². The van der Waals surface area contributed by atoms with Crippen LogP contribution in [0.3, 0.4) is 0 Å². The third-order valence-electron chi connectivity index (χ3n) is 12.0. The van der Waals surface area contributed by atoms with E-state index in [9.17, 15) is 15.3 Å². The predicted molar refractivity (Wildman–Crippen MR) is 129 cm³/mol. The van der Waals surface area contributed by atoms with Crippen molar-refractivity contribution in [1.82, 2.24) is 0 Å². The molecule has 3 N–H and O–H groups in total. The monoisotopic (exact) mass is 444 g/mol. The number of allylic oxidation sites excluding steroid dienone is 1. The number of hydrogen-bond acceptors (Lipinski definition) is 3. The fourth-order valence-corrected chi connectivity index (χ4v) is 9.61. The minimum atomic E-state index is -1.19. The van der Waals surface area contributed by atoms with Gasteiger partial charge in [-0.1, -0.05) is 59.1 Å². The number of aliphatic hydroxyl groups is 3. The molecule has 0 saturated heterocycles. The highest BCUT2D eigenvalue weighted by Gasteiger charge is 2.64. The summed E-state index contributed by atoms with van der Waals surface area (Å²) in [5.74, 6) is 5.26. The zero-order chi connectivity index (χ0) is 23.1. The standard InChI is InChI=1S/C29H48O3/c1-17(21-14-19(21)3)6-7-18(2)23-8-9-24-22-15-26(31)29(32)16-20(30)10-13-28(29,5)25(22)11-12-27(23,24)4/h15,17-21,23-26,30-32H,6-14,16H2,1-5H3. The summed E-state index contributed by atoms with van der Waals surface area (Å²) in [7, 11) is 0. The van der Waals surface area contributed by atoms with Crippen LogP contribution in [0.1, 0.15) is 98.8 Å². The molecule has 0 heterocycles. The van der Waals surface area contributed by atoms with Gasteiger partial charge in [-0.2, -0.15) is 0 Å². The molecule has 3 heteroatoms. The predicted octanol–water partition coefficient (Wildman–Crippen LogP) is 5.72. The van der Waals surface area contributed by atoms with E-state index in [0.717, 1.165) is 48.9 Å². The molecule has 3 nitrogen and oxygen atoms in total. The van der Waals surface area contributed by atoms with Gasteiger partial charge >= 0.3 is 0 Å². The zero-order valence-electron chi connectivity index (χ0n) is 21.2. The van der Waals surface area contributed by atoms with E-state index >= 15 is 0 Å². The summed E-state index contributed by atoms with van der Waals surface area (Å²) in [6.07, 6.45) is 11.7. The lowest BCUT2D eigenvalue weighted by Gasteiger charge is -2.62. The largest absolute Gasteiger partial charge is 0.393 e. The molecular weight excluding hydrogens is 396 g/mol. The first-order valence-electron chi connectivity index (χ1n) is 13.8. The van der Waals surface area contributed by atoms with Crippen LogP contribution in [-0.4, -0.2) is 33.1 Å². The Morgan fingerprint density at radius 2 is 1.66 bits per heavy atom. The van der Waals surface area contributed by atoms with Crippen molar-refractivity contribution >= 4 is 0 Å². The molecule has 12 atom stereocenters. The van der Waals surface area contributed by atoms with Crippen LogP contribution in [0.4, 0.5) is 0 Å². The number of hydrogen-bond donors (Lipinski definition) is 3. The lowest BCUT2D eigenvalue weighted by atomic mass is 9.45. The van der Waals surface area contributed by atoms with Gasteiger partial charge in [0, 0.05) is 11.8 Å². The number of fused-ring (bicyclic) bond motifs is 5. The second-order valence-corrected chi connectivity index (χ2v) is 13.6. The topological polar surface area (TPSA) is 60.7 Å². The van der Waals surface area contributed by atoms with E-state index in [0.29, 0.717) is 23.7 Å². The Labute approximate surface area is 196 Å². The van der Waals surface area contributed by atoms with Gasteiger partial charge in [-0.3, -0.25) is 0 Å². The maximum Gasteiger partial charge on any atom is 0.102 e. The maximum atomic E-state index is 11.6. The Morgan fingerprint density at radius 3 is 2.34 bits per heavy atom. The third-order valence-corrected chi connectivity index (χ3v) is 12.0. The molecular formula is C29H48O3. The molecule has 0 amide bonds. The smallest absolute Gasteiger partial charge is 0.102 e. The first-order valence-corrected chi connectivity index (χ1v) is 13.8. The van der Waals surface area contributed by atoms with Crippen LogP contribution in [0.15, 0.2) is 11.6 Å². The number of rotatable bonds is 5. The quantitative estimate of drug-likeness (QED) is 0.475. The van der Waals surface area contributed by atoms with E-state index in [2.05, 4.69) is 40.7 Å². The van der Waals surface area contributed by atoms with Gasteiger partial charge in [0.05, 0.1) is 6.10 Å². The molecule has 5 aliphatic rings. The molecule has 0 aromatic carbocycles. The summed E-state index contributed by atoms with van der Waals surface area (Å²) in [6, 6.07) is 0. The minimum absolute atomic E-state index is 0.310. The fourth-order valence-electron chi connectivity index (χ4n) is 9.61. The van der Waals surface area contributed by atoms with Gasteiger partial charge in [0.15, 0.2) is 0 Å². The van der Waals surface area contributed by atoms with Crippen LogP contribution in [0.25, 0.3) is 0 Å². The Balaban J connectivity index is 1.35. The summed E-state index contributed by atoms with van der Waals surface area (Å²) in [6.45, 7) is 12.2. The Kier molecular flexibility index (Phi) is 5.71. The van der Waals surface area contributed by atoms with Crippen LogP contribution >= 0.6 is 0 Å². The van der Waals surface area contributed by atoms with Gasteiger partial charge < -0.3 is 15.3 Å². The lowest BCUT2D eigenvalue weighted by molar-refractivity contribution is -0.210. The molecule has 182 valence electrons. The first-order chi connectivity index (χ1) is 15.0. The molecule has 0 aromatic heterocycles. The van der Waals surface area contributed by atoms with E-state index in [1.165, 1.54) is 44.1 Å². The molecule has 5 rings (SSSR count). The zero-order valence-corrected chi connectivity index (χ0v) is 21.2. The van der Waals surface area contributed by atoms with Crippen molar-refractivity contribution in [1.29, 1.82) is 0 Å². The average Bonchev–Trinajstić information content (AvgIpc) is 3.36. The molecule has 4 saturated carbocycles. The molecule has 0 aliphatic heterocycles. The summed E-state index contributed by atoms with van der Waals surface area (Å²) < 4.78 is 0. The second-order valence-electron chi connectivity index (χ2n) is 13.6. The highest BCUT2D eigenvalue weighted by atomic mass is 16.3. The van der Waals surface area contributed by atoms with Crippen molar-refractivity contribution in [3.05, 3.63) is 11.6 Å². The van der Waals surface area contributed by atoms with E-state index in [4.69, 9.17) is 0 Å². The average molecular weight is 445 g/mol. The van der Waals surface area contributed by atoms with Crippen LogP contribution in [0.5, 0.6) is 0 Å². The van der Waals surface area contributed by atoms with E-state index in [1.54, 1.807) is 0 Å². The Bertz CT molecular complexity index is 762. The van der Waals surface area contributed by atoms with E-state index in [-0.39, 0.29) is 5.41 Å². The van der Waals surface area contributed by atoms with Gasteiger partial charge in [0.2, 0.25) is 0 Å². The highest BCUT2D eigenvalue weighted by Crippen LogP contribution is 2.67. The van der Waals surface area contributed by atoms with Gasteiger partial charge in [-0.05, 0) is 91.8 Å². The Hall–Kier alpha value is -0.380. The van der Waals surface area contributed by atoms with Crippen molar-refractivity contribution in [2.24, 2.45) is 52.3 Å². The molecule has 0 radical (unpaired) electrons. The van der Waals surface area contributed by atoms with Crippen LogP contribution in [0, 0.1) is 52.3 Å². The van der Waals surface area contributed by atoms with Crippen molar-refractivity contribution in [3.8, 4) is 0 Å². The summed E-state index contributed by atoms with van der Waals surface area (Å²) in [5, 5.41) is 33.0. The van der Waals surface area contributed by atoms with Crippen molar-refractivity contribution in [2.45, 2.75) is 117 Å². The van der Waals surface area contributed by atoms with Crippen molar-refractivity contribution < 1.29 is 15.3 Å². The van der Waals surface area contributed by atoms with Gasteiger partial charge in [0.1, 0.15) is 11.7 Å². The van der Waals surface area contributed by atoms with Crippen molar-refractivity contribution in [3.63, 3.8) is 0 Å². The van der Waals surface area contributed by atoms with E-state index < -0.39 is 17.8 Å². The highest BCUT2D eigenvalue weighted by molar-refractivity contribution is 5.33. The Morgan fingerprint density at radius 1 is 0.969 bits per heavy atom. The molecule has 12 unspecified atom stereocenters. The molecule has 5 aliphatic carbocycles. The molecule has 0 spiro atoms.